The second kappa shape index (κ2) is 14.4. The largest absolute Gasteiger partial charge is 0.484 e. The molecule has 0 aliphatic rings. The molecule has 1 atom stereocenters. The fourth-order valence-electron chi connectivity index (χ4n) is 5.10. The highest BCUT2D eigenvalue weighted by molar-refractivity contribution is 7.93. The Kier molecular flexibility index (Phi) is 10.4. The van der Waals surface area contributed by atoms with E-state index in [0.717, 1.165) is 0 Å². The molecule has 3 heterocycles. The highest BCUT2D eigenvalue weighted by atomic mass is 32.2. The van der Waals surface area contributed by atoms with Crippen LogP contribution in [0.3, 0.4) is 0 Å². The summed E-state index contributed by atoms with van der Waals surface area (Å²) >= 11 is 0. The van der Waals surface area contributed by atoms with E-state index in [-0.39, 0.29) is 30.5 Å². The van der Waals surface area contributed by atoms with Gasteiger partial charge in [0.2, 0.25) is 0 Å². The van der Waals surface area contributed by atoms with Crippen LogP contribution >= 0.6 is 0 Å². The number of nitrogens with zero attached hydrogens (tertiary/aromatic N) is 5. The maximum Gasteiger partial charge on any atom is 0.355 e. The Morgan fingerprint density at radius 3 is 2.48 bits per heavy atom. The number of hydrogen-bond donors (Lipinski definition) is 2. The van der Waals surface area contributed by atoms with Crippen LogP contribution in [0.5, 0.6) is 5.75 Å². The van der Waals surface area contributed by atoms with Crippen molar-refractivity contribution in [1.29, 1.82) is 0 Å². The number of carbonyl (C=O) groups excluding carboxylic acids is 1. The average Bonchev–Trinajstić information content (AvgIpc) is 3.65. The van der Waals surface area contributed by atoms with Gasteiger partial charge < -0.3 is 19.9 Å². The van der Waals surface area contributed by atoms with Crippen molar-refractivity contribution in [3.8, 4) is 28.1 Å². The molecule has 0 bridgehead atoms. The summed E-state index contributed by atoms with van der Waals surface area (Å²) in [6.45, 7) is 7.33. The summed E-state index contributed by atoms with van der Waals surface area (Å²) in [5.41, 5.74) is 8.82. The number of alkyl halides is 2. The first-order valence-corrected chi connectivity index (χ1v) is 16.9. The minimum absolute atomic E-state index is 0.0831. The molecule has 266 valence electrons. The Labute approximate surface area is 286 Å². The highest BCUT2D eigenvalue weighted by Crippen LogP contribution is 2.40. The zero-order valence-corrected chi connectivity index (χ0v) is 28.7. The topological polar surface area (TPSA) is 165 Å². The van der Waals surface area contributed by atoms with Gasteiger partial charge >= 0.3 is 11.7 Å². The van der Waals surface area contributed by atoms with Crippen LogP contribution in [-0.2, 0) is 37.9 Å². The predicted octanol–water partition coefficient (Wildman–Crippen LogP) is 5.68. The van der Waals surface area contributed by atoms with Crippen LogP contribution in [-0.4, -0.2) is 63.5 Å². The molecule has 1 unspecified atom stereocenters. The average molecular weight is 716 g/mol. The third kappa shape index (κ3) is 8.34. The lowest BCUT2D eigenvalue weighted by Gasteiger charge is -2.19. The number of anilines is 2. The van der Waals surface area contributed by atoms with E-state index in [1.807, 2.05) is 4.72 Å². The SMILES string of the molecule is CC(Oc1cc(-c2nn(C)c3c(-c4cnn(CCOCC(=O)OC(C)(C)C)c4)cnc(N)c23)ccc1NS(=O)(=O)C(F)F)c1ccc(F)cc1. The van der Waals surface area contributed by atoms with E-state index in [0.29, 0.717) is 45.4 Å². The van der Waals surface area contributed by atoms with Gasteiger partial charge in [0, 0.05) is 36.1 Å². The van der Waals surface area contributed by atoms with Crippen LogP contribution in [0, 0.1) is 5.82 Å². The van der Waals surface area contributed by atoms with Gasteiger partial charge in [-0.2, -0.15) is 19.0 Å². The third-order valence-corrected chi connectivity index (χ3v) is 8.30. The van der Waals surface area contributed by atoms with E-state index in [1.54, 1.807) is 62.7 Å². The van der Waals surface area contributed by atoms with Crippen molar-refractivity contribution >= 4 is 38.4 Å². The van der Waals surface area contributed by atoms with Crippen molar-refractivity contribution in [2.45, 2.75) is 51.7 Å². The molecule has 3 N–H and O–H groups in total. The van der Waals surface area contributed by atoms with Crippen molar-refractivity contribution in [3.63, 3.8) is 0 Å². The highest BCUT2D eigenvalue weighted by Gasteiger charge is 2.27. The standard InChI is InChI=1S/C33H36F3N7O6S/c1-19(20-6-9-23(34)10-7-20)48-26-14-21(8-11-25(26)41-50(45,46)32(35)36)29-28-30(42(5)40-29)24(16-38-31(28)37)22-15-39-43(17-22)12-13-47-18-27(44)49-33(2,3)4/h6-11,14-17,19,32,41H,12-13,18H2,1-5H3,(H2,37,38). The Morgan fingerprint density at radius 1 is 1.08 bits per heavy atom. The number of aromatic nitrogens is 5. The summed E-state index contributed by atoms with van der Waals surface area (Å²) in [5.74, 6) is -4.55. The van der Waals surface area contributed by atoms with Crippen molar-refractivity contribution in [3.05, 3.63) is 72.4 Å². The lowest BCUT2D eigenvalue weighted by atomic mass is 10.0. The predicted molar refractivity (Wildman–Crippen MR) is 180 cm³/mol. The number of ether oxygens (including phenoxy) is 3. The van der Waals surface area contributed by atoms with Crippen molar-refractivity contribution in [2.24, 2.45) is 7.05 Å². The summed E-state index contributed by atoms with van der Waals surface area (Å²) in [5, 5.41) is 9.55. The van der Waals surface area contributed by atoms with Gasteiger partial charge in [-0.1, -0.05) is 18.2 Å². The van der Waals surface area contributed by atoms with Gasteiger partial charge in [0.05, 0.1) is 35.9 Å². The molecule has 0 fully saturated rings. The number of nitrogen functional groups attached to an aromatic ring is 1. The zero-order chi connectivity index (χ0) is 36.4. The fraction of sp³-hybridized carbons (Fsp3) is 0.333. The summed E-state index contributed by atoms with van der Waals surface area (Å²) < 4.78 is 86.3. The first kappa shape index (κ1) is 36.1. The van der Waals surface area contributed by atoms with Crippen LogP contribution in [0.2, 0.25) is 0 Å². The minimum atomic E-state index is -5.05. The van der Waals surface area contributed by atoms with Crippen LogP contribution in [0.15, 0.2) is 61.1 Å². The summed E-state index contributed by atoms with van der Waals surface area (Å²) in [6, 6.07) is 9.69. The van der Waals surface area contributed by atoms with E-state index in [2.05, 4.69) is 15.2 Å². The second-order valence-corrected chi connectivity index (χ2v) is 14.0. The molecule has 0 amide bonds. The van der Waals surface area contributed by atoms with Crippen molar-refractivity contribution in [1.82, 2.24) is 24.5 Å². The van der Waals surface area contributed by atoms with E-state index in [4.69, 9.17) is 19.9 Å². The molecule has 0 aliphatic carbocycles. The number of fused-ring (bicyclic) bond motifs is 1. The van der Waals surface area contributed by atoms with Crippen LogP contribution in [0.1, 0.15) is 39.4 Å². The number of benzene rings is 2. The maximum atomic E-state index is 13.5. The number of pyridine rings is 1. The monoisotopic (exact) mass is 715 g/mol. The lowest BCUT2D eigenvalue weighted by Crippen LogP contribution is -2.27. The molecule has 0 spiro atoms. The number of hydrogen-bond acceptors (Lipinski definition) is 10. The third-order valence-electron chi connectivity index (χ3n) is 7.33. The number of esters is 1. The van der Waals surface area contributed by atoms with Gasteiger partial charge in [0.25, 0.3) is 10.0 Å². The second-order valence-electron chi connectivity index (χ2n) is 12.3. The number of nitrogens with two attached hydrogens (primary N) is 1. The quantitative estimate of drug-likeness (QED) is 0.114. The summed E-state index contributed by atoms with van der Waals surface area (Å²) in [7, 11) is -3.33. The van der Waals surface area contributed by atoms with Gasteiger partial charge in [-0.05, 0) is 57.5 Å². The minimum Gasteiger partial charge on any atom is -0.484 e. The van der Waals surface area contributed by atoms with Gasteiger partial charge in [-0.3, -0.25) is 14.1 Å². The van der Waals surface area contributed by atoms with Crippen molar-refractivity contribution in [2.75, 3.05) is 23.7 Å². The van der Waals surface area contributed by atoms with E-state index < -0.39 is 39.3 Å². The van der Waals surface area contributed by atoms with Gasteiger partial charge in [0.15, 0.2) is 0 Å². The molecular weight excluding hydrogens is 679 g/mol. The fourth-order valence-corrected chi connectivity index (χ4v) is 5.66. The Hall–Kier alpha value is -5.16. The summed E-state index contributed by atoms with van der Waals surface area (Å²) in [6.07, 6.45) is 4.27. The zero-order valence-electron chi connectivity index (χ0n) is 27.9. The van der Waals surface area contributed by atoms with Crippen LogP contribution in [0.25, 0.3) is 33.3 Å². The van der Waals surface area contributed by atoms with E-state index >= 15 is 0 Å². The Balaban J connectivity index is 1.46. The number of sulfonamides is 1. The molecule has 0 saturated carbocycles. The van der Waals surface area contributed by atoms with Gasteiger partial charge in [-0.15, -0.1) is 0 Å². The van der Waals surface area contributed by atoms with E-state index in [9.17, 15) is 26.4 Å². The number of rotatable bonds is 13. The molecule has 17 heteroatoms. The molecule has 0 radical (unpaired) electrons. The first-order valence-electron chi connectivity index (χ1n) is 15.3. The van der Waals surface area contributed by atoms with Crippen molar-refractivity contribution < 1.29 is 40.6 Å². The molecule has 0 aliphatic heterocycles. The molecular formula is C33H36F3N7O6S. The normalized spacial score (nSPS) is 12.7. The molecule has 0 saturated heterocycles. The lowest BCUT2D eigenvalue weighted by molar-refractivity contribution is -0.160. The van der Waals surface area contributed by atoms with Crippen LogP contribution < -0.4 is 15.2 Å². The number of nitrogens with one attached hydrogen (secondary N) is 1. The number of halogens is 3. The molecule has 5 rings (SSSR count). The Morgan fingerprint density at radius 2 is 1.80 bits per heavy atom. The molecule has 13 nitrogen and oxygen atoms in total. The molecule has 3 aromatic heterocycles. The molecule has 50 heavy (non-hydrogen) atoms. The van der Waals surface area contributed by atoms with E-state index in [1.165, 1.54) is 42.5 Å². The Bertz CT molecular complexity index is 2110. The number of carbonyl (C=O) groups is 1. The maximum absolute atomic E-state index is 13.5. The van der Waals surface area contributed by atoms with Crippen LogP contribution in [0.4, 0.5) is 24.7 Å². The molecule has 5 aromatic rings. The van der Waals surface area contributed by atoms with Gasteiger partial charge in [0.1, 0.15) is 41.4 Å². The smallest absolute Gasteiger partial charge is 0.355 e. The first-order chi connectivity index (χ1) is 23.5. The molecule has 2 aromatic carbocycles. The number of aryl methyl sites for hydroxylation is 1. The van der Waals surface area contributed by atoms with Gasteiger partial charge in [-0.25, -0.2) is 22.6 Å². The summed E-state index contributed by atoms with van der Waals surface area (Å²) in [4.78, 5) is 16.3.